The lowest BCUT2D eigenvalue weighted by atomic mass is 9.80. The summed E-state index contributed by atoms with van der Waals surface area (Å²) in [5.74, 6) is 0.562. The molecule has 3 nitrogen and oxygen atoms in total. The fraction of sp³-hybridized carbons (Fsp3) is 0.103. The maximum absolute atomic E-state index is 6.33. The molecule has 1 fully saturated rings. The standard InChI is InChI=1S/C58H44N2O/c1-3-18-39(19-4-1)44-28-15-20-40-21-16-29-48(57(40)44)45-25-8-13-33-53(45)60(51-31-11-7-24-43(51)41-36-37-56-50(38-41)47-27-10-14-35-55(47)61-56)54-34-17-30-49-46-26-9-12-32-52(46)59(58(49)54)42-22-5-2-6-23-42/h2,5-17,20-39H,1,3-4,18-19H2. The average Bonchev–Trinajstić information content (AvgIpc) is 3.88. The maximum atomic E-state index is 6.33. The van der Waals surface area contributed by atoms with Crippen molar-refractivity contribution in [3.05, 3.63) is 206 Å². The Bertz CT molecular complexity index is 3420. The Hall–Kier alpha value is -7.36. The molecule has 1 aliphatic carbocycles. The average molecular weight is 785 g/mol. The molecule has 61 heavy (non-hydrogen) atoms. The second-order valence-corrected chi connectivity index (χ2v) is 16.6. The number of furan rings is 1. The van der Waals surface area contributed by atoms with Crippen LogP contribution < -0.4 is 4.90 Å². The minimum atomic E-state index is 0.562. The van der Waals surface area contributed by atoms with E-state index in [9.17, 15) is 0 Å². The van der Waals surface area contributed by atoms with Gasteiger partial charge in [-0.3, -0.25) is 0 Å². The Morgan fingerprint density at radius 1 is 0.443 bits per heavy atom. The number of hydrogen-bond donors (Lipinski definition) is 0. The van der Waals surface area contributed by atoms with Crippen LogP contribution >= 0.6 is 0 Å². The Labute approximate surface area is 355 Å². The van der Waals surface area contributed by atoms with Gasteiger partial charge in [0, 0.05) is 38.4 Å². The summed E-state index contributed by atoms with van der Waals surface area (Å²) in [5, 5.41) is 7.37. The van der Waals surface area contributed by atoms with E-state index in [4.69, 9.17) is 4.42 Å². The van der Waals surface area contributed by atoms with Crippen molar-refractivity contribution in [1.29, 1.82) is 0 Å². The first-order valence-corrected chi connectivity index (χ1v) is 21.8. The number of para-hydroxylation sites is 6. The number of hydrogen-bond acceptors (Lipinski definition) is 2. The third-order valence-corrected chi connectivity index (χ3v) is 13.2. The summed E-state index contributed by atoms with van der Waals surface area (Å²) in [6.07, 6.45) is 6.42. The topological polar surface area (TPSA) is 21.3 Å². The summed E-state index contributed by atoms with van der Waals surface area (Å²) in [4.78, 5) is 2.55. The molecular weight excluding hydrogens is 741 g/mol. The number of aromatic nitrogens is 1. The third-order valence-electron chi connectivity index (χ3n) is 13.2. The zero-order chi connectivity index (χ0) is 40.3. The predicted molar refractivity (Wildman–Crippen MR) is 257 cm³/mol. The lowest BCUT2D eigenvalue weighted by Crippen LogP contribution is -2.14. The molecular formula is C58H44N2O. The van der Waals surface area contributed by atoms with E-state index in [0.29, 0.717) is 5.92 Å². The van der Waals surface area contributed by atoms with Gasteiger partial charge in [-0.1, -0.05) is 165 Å². The summed E-state index contributed by atoms with van der Waals surface area (Å²) < 4.78 is 8.79. The molecule has 11 aromatic rings. The minimum absolute atomic E-state index is 0.562. The summed E-state index contributed by atoms with van der Waals surface area (Å²) in [7, 11) is 0. The van der Waals surface area contributed by atoms with Gasteiger partial charge in [-0.05, 0) is 101 Å². The Morgan fingerprint density at radius 3 is 1.92 bits per heavy atom. The SMILES string of the molecule is c1ccc(-n2c3ccccc3c3cccc(N(c4ccccc4-c4ccc5oc6ccccc6c5c4)c4ccccc4-c4cccc5cccc(C6CCCCC6)c45)c32)cc1. The molecule has 0 saturated heterocycles. The maximum Gasteiger partial charge on any atom is 0.135 e. The van der Waals surface area contributed by atoms with E-state index < -0.39 is 0 Å². The largest absolute Gasteiger partial charge is 0.456 e. The van der Waals surface area contributed by atoms with E-state index in [0.717, 1.165) is 61.3 Å². The fourth-order valence-electron chi connectivity index (χ4n) is 10.5. The lowest BCUT2D eigenvalue weighted by Gasteiger charge is -2.31. The van der Waals surface area contributed by atoms with Gasteiger partial charge in [-0.25, -0.2) is 0 Å². The molecule has 2 heterocycles. The van der Waals surface area contributed by atoms with Gasteiger partial charge in [-0.2, -0.15) is 0 Å². The first-order chi connectivity index (χ1) is 30.3. The van der Waals surface area contributed by atoms with Crippen LogP contribution in [0.2, 0.25) is 0 Å². The second-order valence-electron chi connectivity index (χ2n) is 16.6. The van der Waals surface area contributed by atoms with Crippen LogP contribution in [-0.4, -0.2) is 4.57 Å². The van der Waals surface area contributed by atoms with Crippen LogP contribution in [0.3, 0.4) is 0 Å². The molecule has 9 aromatic carbocycles. The summed E-state index contributed by atoms with van der Waals surface area (Å²) >= 11 is 0. The van der Waals surface area contributed by atoms with Crippen molar-refractivity contribution in [3.63, 3.8) is 0 Å². The van der Waals surface area contributed by atoms with E-state index in [1.165, 1.54) is 75.9 Å². The van der Waals surface area contributed by atoms with Gasteiger partial charge in [0.1, 0.15) is 11.2 Å². The molecule has 292 valence electrons. The van der Waals surface area contributed by atoms with Gasteiger partial charge in [0.2, 0.25) is 0 Å². The minimum Gasteiger partial charge on any atom is -0.456 e. The van der Waals surface area contributed by atoms with E-state index in [-0.39, 0.29) is 0 Å². The highest BCUT2D eigenvalue weighted by atomic mass is 16.3. The Morgan fingerprint density at radius 2 is 1.07 bits per heavy atom. The number of nitrogens with zero attached hydrogens (tertiary/aromatic N) is 2. The Kier molecular flexibility index (Phi) is 8.59. The van der Waals surface area contributed by atoms with Crippen LogP contribution in [0, 0.1) is 0 Å². The quantitative estimate of drug-likeness (QED) is 0.161. The van der Waals surface area contributed by atoms with Gasteiger partial charge in [-0.15, -0.1) is 0 Å². The van der Waals surface area contributed by atoms with Gasteiger partial charge in [0.15, 0.2) is 0 Å². The second kappa shape index (κ2) is 14.7. The van der Waals surface area contributed by atoms with Crippen molar-refractivity contribution < 1.29 is 4.42 Å². The molecule has 3 heteroatoms. The van der Waals surface area contributed by atoms with Crippen molar-refractivity contribution in [2.45, 2.75) is 38.0 Å². The molecule has 0 atom stereocenters. The van der Waals surface area contributed by atoms with Crippen molar-refractivity contribution in [1.82, 2.24) is 4.57 Å². The Balaban J connectivity index is 1.18. The van der Waals surface area contributed by atoms with Crippen LogP contribution in [-0.2, 0) is 0 Å². The predicted octanol–water partition coefficient (Wildman–Crippen LogP) is 16.7. The van der Waals surface area contributed by atoms with Crippen LogP contribution in [0.4, 0.5) is 17.1 Å². The zero-order valence-electron chi connectivity index (χ0n) is 34.0. The molecule has 0 spiro atoms. The molecule has 0 unspecified atom stereocenters. The molecule has 2 aromatic heterocycles. The molecule has 0 amide bonds. The fourth-order valence-corrected chi connectivity index (χ4v) is 10.5. The van der Waals surface area contributed by atoms with Crippen molar-refractivity contribution in [2.24, 2.45) is 0 Å². The van der Waals surface area contributed by atoms with Gasteiger partial charge >= 0.3 is 0 Å². The molecule has 1 aliphatic rings. The molecule has 0 aliphatic heterocycles. The number of benzene rings is 9. The van der Waals surface area contributed by atoms with Crippen molar-refractivity contribution in [3.8, 4) is 27.9 Å². The summed E-state index contributed by atoms with van der Waals surface area (Å²) in [6.45, 7) is 0. The van der Waals surface area contributed by atoms with E-state index in [1.54, 1.807) is 0 Å². The normalized spacial score (nSPS) is 13.5. The smallest absolute Gasteiger partial charge is 0.135 e. The molecule has 0 bridgehead atoms. The monoisotopic (exact) mass is 784 g/mol. The molecule has 0 radical (unpaired) electrons. The van der Waals surface area contributed by atoms with E-state index >= 15 is 0 Å². The molecule has 12 rings (SSSR count). The van der Waals surface area contributed by atoms with Crippen LogP contribution in [0.1, 0.15) is 43.6 Å². The first kappa shape index (κ1) is 35.6. The van der Waals surface area contributed by atoms with Gasteiger partial charge < -0.3 is 13.9 Å². The molecule has 1 saturated carbocycles. The zero-order valence-corrected chi connectivity index (χ0v) is 34.0. The van der Waals surface area contributed by atoms with Gasteiger partial charge in [0.05, 0.1) is 28.1 Å². The third kappa shape index (κ3) is 5.87. The van der Waals surface area contributed by atoms with Crippen LogP contribution in [0.5, 0.6) is 0 Å². The number of fused-ring (bicyclic) bond motifs is 7. The van der Waals surface area contributed by atoms with Crippen molar-refractivity contribution in [2.75, 3.05) is 4.90 Å². The van der Waals surface area contributed by atoms with Crippen molar-refractivity contribution >= 4 is 71.6 Å². The van der Waals surface area contributed by atoms with E-state index in [2.05, 4.69) is 204 Å². The highest BCUT2D eigenvalue weighted by Gasteiger charge is 2.27. The van der Waals surface area contributed by atoms with E-state index in [1.807, 2.05) is 6.07 Å². The number of anilines is 3. The van der Waals surface area contributed by atoms with Gasteiger partial charge in [0.25, 0.3) is 0 Å². The summed E-state index contributed by atoms with van der Waals surface area (Å²) in [6, 6.07) is 73.4. The number of rotatable bonds is 7. The highest BCUT2D eigenvalue weighted by molar-refractivity contribution is 6.16. The molecule has 0 N–H and O–H groups in total. The van der Waals surface area contributed by atoms with Crippen LogP contribution in [0.25, 0.3) is 82.5 Å². The van der Waals surface area contributed by atoms with Crippen LogP contribution in [0.15, 0.2) is 205 Å². The lowest BCUT2D eigenvalue weighted by molar-refractivity contribution is 0.445. The highest BCUT2D eigenvalue weighted by Crippen LogP contribution is 2.50. The first-order valence-electron chi connectivity index (χ1n) is 21.8. The summed E-state index contributed by atoms with van der Waals surface area (Å²) in [5.41, 5.74) is 14.9.